The minimum atomic E-state index is -0.116. The van der Waals surface area contributed by atoms with E-state index >= 15 is 0 Å². The lowest BCUT2D eigenvalue weighted by molar-refractivity contribution is -0.132. The van der Waals surface area contributed by atoms with Gasteiger partial charge in [0.25, 0.3) is 0 Å². The van der Waals surface area contributed by atoms with Crippen molar-refractivity contribution < 1.29 is 9.59 Å². The van der Waals surface area contributed by atoms with Crippen LogP contribution < -0.4 is 10.6 Å². The molecule has 0 radical (unpaired) electrons. The van der Waals surface area contributed by atoms with E-state index in [9.17, 15) is 9.59 Å². The molecule has 2 amide bonds. The Bertz CT molecular complexity index is 530. The molecule has 0 aromatic heterocycles. The van der Waals surface area contributed by atoms with Crippen molar-refractivity contribution in [2.45, 2.75) is 33.2 Å². The number of hydrogen-bond donors (Lipinski definition) is 2. The maximum atomic E-state index is 12.4. The molecule has 2 rings (SSSR count). The van der Waals surface area contributed by atoms with Crippen molar-refractivity contribution >= 4 is 17.5 Å². The summed E-state index contributed by atoms with van der Waals surface area (Å²) in [5.74, 6) is -0.0632. The van der Waals surface area contributed by atoms with Gasteiger partial charge in [0.2, 0.25) is 11.8 Å². The Balaban J connectivity index is 1.95. The van der Waals surface area contributed by atoms with Gasteiger partial charge < -0.3 is 15.5 Å². The van der Waals surface area contributed by atoms with Crippen LogP contribution in [0.25, 0.3) is 0 Å². The van der Waals surface area contributed by atoms with Crippen LogP contribution in [0.5, 0.6) is 0 Å². The third kappa shape index (κ3) is 4.56. The second-order valence-corrected chi connectivity index (χ2v) is 5.77. The number of nitrogens with zero attached hydrogens (tertiary/aromatic N) is 1. The summed E-state index contributed by atoms with van der Waals surface area (Å²) >= 11 is 0. The largest absolute Gasteiger partial charge is 0.342 e. The zero-order chi connectivity index (χ0) is 15.9. The molecule has 0 spiro atoms. The monoisotopic (exact) mass is 303 g/mol. The minimum Gasteiger partial charge on any atom is -0.342 e. The lowest BCUT2D eigenvalue weighted by Gasteiger charge is -2.31. The number of likely N-dealkylation sites (tertiary alicyclic amines) is 1. The van der Waals surface area contributed by atoms with Gasteiger partial charge in [-0.25, -0.2) is 0 Å². The van der Waals surface area contributed by atoms with E-state index in [-0.39, 0.29) is 17.7 Å². The summed E-state index contributed by atoms with van der Waals surface area (Å²) in [5.41, 5.74) is 1.97. The predicted molar refractivity (Wildman–Crippen MR) is 87.4 cm³/mol. The lowest BCUT2D eigenvalue weighted by atomic mass is 9.97. The zero-order valence-electron chi connectivity index (χ0n) is 13.4. The quantitative estimate of drug-likeness (QED) is 0.874. The number of amides is 2. The molecule has 1 atom stereocenters. The van der Waals surface area contributed by atoms with Crippen LogP contribution in [0.15, 0.2) is 24.3 Å². The fourth-order valence-corrected chi connectivity index (χ4v) is 2.75. The topological polar surface area (TPSA) is 61.4 Å². The molecule has 0 aliphatic carbocycles. The summed E-state index contributed by atoms with van der Waals surface area (Å²) in [5, 5.41) is 6.25. The fourth-order valence-electron chi connectivity index (χ4n) is 2.75. The van der Waals surface area contributed by atoms with E-state index in [2.05, 4.69) is 17.6 Å². The van der Waals surface area contributed by atoms with Crippen LogP contribution in [0.3, 0.4) is 0 Å². The Morgan fingerprint density at radius 2 is 2.18 bits per heavy atom. The lowest BCUT2D eigenvalue weighted by Crippen LogP contribution is -2.42. The first-order valence-corrected chi connectivity index (χ1v) is 7.96. The smallest absolute Gasteiger partial charge is 0.229 e. The highest BCUT2D eigenvalue weighted by molar-refractivity contribution is 5.93. The van der Waals surface area contributed by atoms with Crippen LogP contribution in [0.2, 0.25) is 0 Å². The highest BCUT2D eigenvalue weighted by atomic mass is 16.2. The molecule has 5 heteroatoms. The molecule has 120 valence electrons. The van der Waals surface area contributed by atoms with Crippen LogP contribution in [0.1, 0.15) is 32.3 Å². The van der Waals surface area contributed by atoms with Crippen molar-refractivity contribution in [3.63, 3.8) is 0 Å². The van der Waals surface area contributed by atoms with Crippen molar-refractivity contribution in [3.8, 4) is 0 Å². The first-order chi connectivity index (χ1) is 10.6. The van der Waals surface area contributed by atoms with Gasteiger partial charge in [0.05, 0.1) is 5.92 Å². The van der Waals surface area contributed by atoms with Gasteiger partial charge in [-0.2, -0.15) is 0 Å². The molecule has 1 fully saturated rings. The number of nitrogens with one attached hydrogen (secondary N) is 2. The van der Waals surface area contributed by atoms with Crippen LogP contribution in [0.4, 0.5) is 5.69 Å². The number of benzene rings is 1. The summed E-state index contributed by atoms with van der Waals surface area (Å²) in [6, 6.07) is 7.88. The van der Waals surface area contributed by atoms with Crippen molar-refractivity contribution in [3.05, 3.63) is 29.8 Å². The van der Waals surface area contributed by atoms with Crippen molar-refractivity contribution in [2.75, 3.05) is 25.0 Å². The Kier molecular flexibility index (Phi) is 5.95. The normalized spacial score (nSPS) is 18.1. The van der Waals surface area contributed by atoms with E-state index in [0.29, 0.717) is 6.54 Å². The highest BCUT2D eigenvalue weighted by Gasteiger charge is 2.26. The summed E-state index contributed by atoms with van der Waals surface area (Å²) in [6.45, 7) is 6.62. The van der Waals surface area contributed by atoms with Crippen molar-refractivity contribution in [2.24, 2.45) is 5.92 Å². The first-order valence-electron chi connectivity index (χ1n) is 7.96. The van der Waals surface area contributed by atoms with Crippen LogP contribution >= 0.6 is 0 Å². The fraction of sp³-hybridized carbons (Fsp3) is 0.529. The van der Waals surface area contributed by atoms with E-state index in [1.165, 1.54) is 0 Å². The Morgan fingerprint density at radius 3 is 2.91 bits per heavy atom. The molecule has 1 saturated heterocycles. The molecule has 22 heavy (non-hydrogen) atoms. The van der Waals surface area contributed by atoms with Gasteiger partial charge in [0.15, 0.2) is 0 Å². The average molecular weight is 303 g/mol. The van der Waals surface area contributed by atoms with Gasteiger partial charge in [-0.1, -0.05) is 19.1 Å². The van der Waals surface area contributed by atoms with Gasteiger partial charge in [0.1, 0.15) is 0 Å². The van der Waals surface area contributed by atoms with E-state index in [0.717, 1.165) is 43.7 Å². The zero-order valence-corrected chi connectivity index (χ0v) is 13.4. The van der Waals surface area contributed by atoms with E-state index in [1.807, 2.05) is 24.3 Å². The first kappa shape index (κ1) is 16.5. The third-order valence-electron chi connectivity index (χ3n) is 4.01. The molecular formula is C17H25N3O2. The second-order valence-electron chi connectivity index (χ2n) is 5.77. The van der Waals surface area contributed by atoms with E-state index in [1.54, 1.807) is 11.8 Å². The summed E-state index contributed by atoms with van der Waals surface area (Å²) in [7, 11) is 0. The third-order valence-corrected chi connectivity index (χ3v) is 4.01. The molecule has 0 bridgehead atoms. The standard InChI is InChI=1S/C17H25N3O2/c1-3-18-11-14-6-4-8-16(10-14)19-17(22)15-7-5-9-20(12-15)13(2)21/h4,6,8,10,15,18H,3,5,7,9,11-12H2,1-2H3,(H,19,22). The number of piperidine rings is 1. The molecule has 1 aliphatic rings. The van der Waals surface area contributed by atoms with Gasteiger partial charge in [-0.05, 0) is 37.1 Å². The number of carbonyl (C=O) groups excluding carboxylic acids is 2. The molecule has 1 aromatic rings. The predicted octanol–water partition coefficient (Wildman–Crippen LogP) is 1.99. The maximum absolute atomic E-state index is 12.4. The molecule has 0 saturated carbocycles. The second kappa shape index (κ2) is 7.94. The Morgan fingerprint density at radius 1 is 1.36 bits per heavy atom. The molecule has 1 aromatic carbocycles. The molecule has 1 heterocycles. The Labute approximate surface area is 132 Å². The van der Waals surface area contributed by atoms with Crippen LogP contribution in [0, 0.1) is 5.92 Å². The van der Waals surface area contributed by atoms with Gasteiger partial charge in [-0.15, -0.1) is 0 Å². The number of rotatable bonds is 5. The van der Waals surface area contributed by atoms with E-state index < -0.39 is 0 Å². The summed E-state index contributed by atoms with van der Waals surface area (Å²) in [6.07, 6.45) is 1.73. The highest BCUT2D eigenvalue weighted by Crippen LogP contribution is 2.19. The average Bonchev–Trinajstić information content (AvgIpc) is 2.53. The van der Waals surface area contributed by atoms with Gasteiger partial charge >= 0.3 is 0 Å². The van der Waals surface area contributed by atoms with Crippen molar-refractivity contribution in [1.82, 2.24) is 10.2 Å². The molecule has 5 nitrogen and oxygen atoms in total. The van der Waals surface area contributed by atoms with Crippen molar-refractivity contribution in [1.29, 1.82) is 0 Å². The number of carbonyl (C=O) groups is 2. The number of anilines is 1. The summed E-state index contributed by atoms with van der Waals surface area (Å²) < 4.78 is 0. The molecule has 1 unspecified atom stereocenters. The summed E-state index contributed by atoms with van der Waals surface area (Å²) in [4.78, 5) is 25.6. The van der Waals surface area contributed by atoms with E-state index in [4.69, 9.17) is 0 Å². The number of hydrogen-bond acceptors (Lipinski definition) is 3. The van der Waals surface area contributed by atoms with Gasteiger partial charge in [0, 0.05) is 32.2 Å². The molecular weight excluding hydrogens is 278 g/mol. The minimum absolute atomic E-state index is 0.00607. The maximum Gasteiger partial charge on any atom is 0.229 e. The molecule has 2 N–H and O–H groups in total. The Hall–Kier alpha value is -1.88. The van der Waals surface area contributed by atoms with Crippen LogP contribution in [-0.2, 0) is 16.1 Å². The van der Waals surface area contributed by atoms with Crippen LogP contribution in [-0.4, -0.2) is 36.3 Å². The van der Waals surface area contributed by atoms with Gasteiger partial charge in [-0.3, -0.25) is 9.59 Å². The molecule has 1 aliphatic heterocycles. The SMILES string of the molecule is CCNCc1cccc(NC(=O)C2CCCN(C(C)=O)C2)c1.